The summed E-state index contributed by atoms with van der Waals surface area (Å²) in [7, 11) is 0. The molecule has 8 nitrogen and oxygen atoms in total. The highest BCUT2D eigenvalue weighted by atomic mass is 16.5. The van der Waals surface area contributed by atoms with Crippen molar-refractivity contribution in [2.75, 3.05) is 19.6 Å². The molecule has 2 aliphatic heterocycles. The van der Waals surface area contributed by atoms with Crippen LogP contribution >= 0.6 is 0 Å². The van der Waals surface area contributed by atoms with Crippen LogP contribution in [0.4, 0.5) is 0 Å². The normalized spacial score (nSPS) is 20.1. The first-order valence-corrected chi connectivity index (χ1v) is 9.71. The number of rotatable bonds is 5. The fourth-order valence-electron chi connectivity index (χ4n) is 4.25. The van der Waals surface area contributed by atoms with E-state index in [-0.39, 0.29) is 11.3 Å². The molecule has 0 aromatic carbocycles. The highest BCUT2D eigenvalue weighted by molar-refractivity contribution is 5.79. The quantitative estimate of drug-likeness (QED) is 0.794. The minimum Gasteiger partial charge on any atom is -0.361 e. The molecule has 1 spiro atoms. The summed E-state index contributed by atoms with van der Waals surface area (Å²) in [5.74, 6) is 2.50. The van der Waals surface area contributed by atoms with Crippen LogP contribution in [0.5, 0.6) is 0 Å². The lowest BCUT2D eigenvalue weighted by molar-refractivity contribution is -0.128. The Morgan fingerprint density at radius 3 is 2.52 bits per heavy atom. The summed E-state index contributed by atoms with van der Waals surface area (Å²) in [6.45, 7) is 9.89. The van der Waals surface area contributed by atoms with E-state index in [1.165, 1.54) is 0 Å². The molecule has 4 rings (SSSR count). The van der Waals surface area contributed by atoms with Crippen molar-refractivity contribution in [2.45, 2.75) is 59.5 Å². The number of carbonyl (C=O) groups excluding carboxylic acids is 1. The van der Waals surface area contributed by atoms with E-state index in [4.69, 9.17) is 9.05 Å². The van der Waals surface area contributed by atoms with Gasteiger partial charge in [0.15, 0.2) is 5.82 Å². The molecule has 4 heterocycles. The van der Waals surface area contributed by atoms with E-state index in [2.05, 4.69) is 20.2 Å². The van der Waals surface area contributed by atoms with Gasteiger partial charge in [-0.2, -0.15) is 4.98 Å². The third-order valence-corrected chi connectivity index (χ3v) is 6.04. The van der Waals surface area contributed by atoms with Crippen LogP contribution in [0, 0.1) is 19.3 Å². The van der Waals surface area contributed by atoms with Crippen molar-refractivity contribution in [3.63, 3.8) is 0 Å². The van der Waals surface area contributed by atoms with E-state index in [9.17, 15) is 4.79 Å². The van der Waals surface area contributed by atoms with Gasteiger partial charge in [-0.05, 0) is 45.2 Å². The third-order valence-electron chi connectivity index (χ3n) is 6.04. The van der Waals surface area contributed by atoms with Gasteiger partial charge < -0.3 is 13.9 Å². The van der Waals surface area contributed by atoms with Crippen LogP contribution in [-0.4, -0.2) is 50.6 Å². The number of carbonyl (C=O) groups is 1. The summed E-state index contributed by atoms with van der Waals surface area (Å²) in [6.07, 6.45) is 3.47. The Labute approximate surface area is 158 Å². The monoisotopic (exact) mass is 373 g/mol. The van der Waals surface area contributed by atoms with Crippen molar-refractivity contribution >= 4 is 5.91 Å². The molecular weight excluding hydrogens is 346 g/mol. The van der Waals surface area contributed by atoms with Gasteiger partial charge in [-0.3, -0.25) is 9.69 Å². The van der Waals surface area contributed by atoms with E-state index >= 15 is 0 Å². The van der Waals surface area contributed by atoms with Crippen LogP contribution in [0.15, 0.2) is 9.05 Å². The fourth-order valence-corrected chi connectivity index (χ4v) is 4.25. The van der Waals surface area contributed by atoms with Gasteiger partial charge in [0, 0.05) is 24.9 Å². The summed E-state index contributed by atoms with van der Waals surface area (Å²) in [6, 6.07) is 0. The lowest BCUT2D eigenvalue weighted by Gasteiger charge is -2.38. The van der Waals surface area contributed by atoms with Crippen LogP contribution in [-0.2, 0) is 24.3 Å². The molecule has 0 saturated carbocycles. The number of nitrogens with zero attached hydrogens (tertiary/aromatic N) is 5. The Hall–Kier alpha value is -2.22. The Bertz CT molecular complexity index is 800. The number of hydrogen-bond acceptors (Lipinski definition) is 7. The first-order chi connectivity index (χ1) is 13.0. The Morgan fingerprint density at radius 1 is 1.11 bits per heavy atom. The van der Waals surface area contributed by atoms with Crippen LogP contribution < -0.4 is 0 Å². The first kappa shape index (κ1) is 18.2. The molecule has 0 radical (unpaired) electrons. The van der Waals surface area contributed by atoms with Gasteiger partial charge in [0.25, 0.3) is 0 Å². The molecule has 0 N–H and O–H groups in total. The minimum absolute atomic E-state index is 0.0932. The van der Waals surface area contributed by atoms with Crippen LogP contribution in [0.1, 0.15) is 54.9 Å². The molecule has 0 atom stereocenters. The molecule has 2 fully saturated rings. The number of piperidine rings is 1. The molecule has 0 aliphatic carbocycles. The van der Waals surface area contributed by atoms with Gasteiger partial charge in [0.2, 0.25) is 11.8 Å². The van der Waals surface area contributed by atoms with Crippen molar-refractivity contribution in [3.8, 4) is 0 Å². The number of likely N-dealkylation sites (tertiary alicyclic amines) is 2. The zero-order valence-electron chi connectivity index (χ0n) is 16.3. The highest BCUT2D eigenvalue weighted by Crippen LogP contribution is 2.42. The van der Waals surface area contributed by atoms with E-state index in [1.807, 2.05) is 25.7 Å². The second-order valence-electron chi connectivity index (χ2n) is 7.96. The Kier molecular flexibility index (Phi) is 4.75. The molecule has 8 heteroatoms. The lowest BCUT2D eigenvalue weighted by Crippen LogP contribution is -2.41. The van der Waals surface area contributed by atoms with Crippen molar-refractivity contribution in [2.24, 2.45) is 5.41 Å². The molecule has 1 amide bonds. The van der Waals surface area contributed by atoms with Gasteiger partial charge >= 0.3 is 0 Å². The minimum atomic E-state index is 0.0932. The van der Waals surface area contributed by atoms with Gasteiger partial charge in [-0.15, -0.1) is 0 Å². The zero-order valence-corrected chi connectivity index (χ0v) is 16.3. The fraction of sp³-hybridized carbons (Fsp3) is 0.684. The molecule has 146 valence electrons. The maximum Gasteiger partial charge on any atom is 0.240 e. The smallest absolute Gasteiger partial charge is 0.240 e. The SMILES string of the molecule is CCc1noc(CN2CCC3(CC2)CC(=O)N(Cc2c(C)noc2C)C3)n1. The van der Waals surface area contributed by atoms with Gasteiger partial charge in [0.05, 0.1) is 18.8 Å². The Balaban J connectivity index is 1.35. The molecular formula is C19H27N5O3. The maximum absolute atomic E-state index is 12.6. The maximum atomic E-state index is 12.6. The molecule has 2 aromatic rings. The van der Waals surface area contributed by atoms with Crippen molar-refractivity contribution in [1.29, 1.82) is 0 Å². The average molecular weight is 373 g/mol. The van der Waals surface area contributed by atoms with E-state index in [1.54, 1.807) is 0 Å². The third kappa shape index (κ3) is 3.63. The zero-order chi connectivity index (χ0) is 19.0. The van der Waals surface area contributed by atoms with Gasteiger partial charge in [-0.25, -0.2) is 0 Å². The predicted octanol–water partition coefficient (Wildman–Crippen LogP) is 2.25. The average Bonchev–Trinajstić information content (AvgIpc) is 3.32. The van der Waals surface area contributed by atoms with Crippen LogP contribution in [0.3, 0.4) is 0 Å². The summed E-state index contributed by atoms with van der Waals surface area (Å²) in [4.78, 5) is 21.4. The van der Waals surface area contributed by atoms with E-state index in [0.717, 1.165) is 61.7 Å². The molecule has 2 aromatic heterocycles. The Morgan fingerprint density at radius 2 is 1.89 bits per heavy atom. The second-order valence-corrected chi connectivity index (χ2v) is 7.96. The van der Waals surface area contributed by atoms with Crippen molar-refractivity contribution < 1.29 is 13.8 Å². The molecule has 2 saturated heterocycles. The summed E-state index contributed by atoms with van der Waals surface area (Å²) in [5, 5.41) is 7.97. The molecule has 27 heavy (non-hydrogen) atoms. The van der Waals surface area contributed by atoms with Crippen LogP contribution in [0.25, 0.3) is 0 Å². The summed E-state index contributed by atoms with van der Waals surface area (Å²) < 4.78 is 10.6. The standard InChI is InChI=1S/C19H27N5O3/c1-4-16-20-17(27-22-16)11-23-7-5-19(6-8-23)9-18(25)24(12-19)10-15-13(2)21-26-14(15)3/h4-12H2,1-3H3. The van der Waals surface area contributed by atoms with E-state index < -0.39 is 0 Å². The predicted molar refractivity (Wildman–Crippen MR) is 96.6 cm³/mol. The molecule has 0 unspecified atom stereocenters. The number of hydrogen-bond donors (Lipinski definition) is 0. The van der Waals surface area contributed by atoms with Crippen molar-refractivity contribution in [3.05, 3.63) is 28.7 Å². The number of aryl methyl sites for hydroxylation is 3. The molecule has 0 bridgehead atoms. The lowest BCUT2D eigenvalue weighted by atomic mass is 9.77. The second kappa shape index (κ2) is 7.07. The van der Waals surface area contributed by atoms with Crippen LogP contribution in [0.2, 0.25) is 0 Å². The first-order valence-electron chi connectivity index (χ1n) is 9.71. The van der Waals surface area contributed by atoms with Gasteiger partial charge in [0.1, 0.15) is 5.76 Å². The summed E-state index contributed by atoms with van der Waals surface area (Å²) >= 11 is 0. The largest absolute Gasteiger partial charge is 0.361 e. The topological polar surface area (TPSA) is 88.5 Å². The number of aromatic nitrogens is 3. The number of amides is 1. The van der Waals surface area contributed by atoms with E-state index in [0.29, 0.717) is 25.4 Å². The molecule has 2 aliphatic rings. The summed E-state index contributed by atoms with van der Waals surface area (Å²) in [5.41, 5.74) is 2.01. The highest BCUT2D eigenvalue weighted by Gasteiger charge is 2.45. The van der Waals surface area contributed by atoms with Crippen molar-refractivity contribution in [1.82, 2.24) is 25.1 Å². The van der Waals surface area contributed by atoms with Gasteiger partial charge in [-0.1, -0.05) is 17.2 Å².